The van der Waals surface area contributed by atoms with E-state index in [4.69, 9.17) is 0 Å². The third-order valence-corrected chi connectivity index (χ3v) is 2.53. The molecule has 3 heteroatoms. The summed E-state index contributed by atoms with van der Waals surface area (Å²) >= 11 is 0. The van der Waals surface area contributed by atoms with Crippen molar-refractivity contribution in [1.29, 1.82) is 0 Å². The summed E-state index contributed by atoms with van der Waals surface area (Å²) in [4.78, 5) is 4.25. The van der Waals surface area contributed by atoms with E-state index in [1.807, 2.05) is 24.0 Å². The molecule has 0 aliphatic rings. The van der Waals surface area contributed by atoms with Gasteiger partial charge in [-0.05, 0) is 20.3 Å². The summed E-state index contributed by atoms with van der Waals surface area (Å²) < 4.78 is 2.04. The van der Waals surface area contributed by atoms with Gasteiger partial charge in [-0.25, -0.2) is 4.98 Å². The SMILES string of the molecule is CCC(C)(C)NCc1nccn1C. The summed E-state index contributed by atoms with van der Waals surface area (Å²) in [7, 11) is 2.02. The Morgan fingerprint density at radius 1 is 1.54 bits per heavy atom. The molecule has 1 rings (SSSR count). The predicted octanol–water partition coefficient (Wildman–Crippen LogP) is 1.70. The molecular weight excluding hydrogens is 162 g/mol. The van der Waals surface area contributed by atoms with E-state index < -0.39 is 0 Å². The molecule has 13 heavy (non-hydrogen) atoms. The van der Waals surface area contributed by atoms with Crippen LogP contribution in [-0.4, -0.2) is 15.1 Å². The molecule has 0 unspecified atom stereocenters. The van der Waals surface area contributed by atoms with E-state index >= 15 is 0 Å². The Hall–Kier alpha value is -0.830. The van der Waals surface area contributed by atoms with Gasteiger partial charge in [-0.3, -0.25) is 0 Å². The summed E-state index contributed by atoms with van der Waals surface area (Å²) in [5, 5.41) is 3.47. The van der Waals surface area contributed by atoms with Crippen LogP contribution in [0.25, 0.3) is 0 Å². The molecule has 1 aromatic heterocycles. The molecule has 0 radical (unpaired) electrons. The summed E-state index contributed by atoms with van der Waals surface area (Å²) in [6, 6.07) is 0. The molecule has 0 aliphatic carbocycles. The lowest BCUT2D eigenvalue weighted by atomic mass is 10.0. The van der Waals surface area contributed by atoms with Gasteiger partial charge in [-0.1, -0.05) is 6.92 Å². The van der Waals surface area contributed by atoms with Crippen LogP contribution in [0.4, 0.5) is 0 Å². The number of rotatable bonds is 4. The van der Waals surface area contributed by atoms with E-state index in [1.165, 1.54) is 0 Å². The maximum atomic E-state index is 4.25. The monoisotopic (exact) mass is 181 g/mol. The van der Waals surface area contributed by atoms with E-state index in [9.17, 15) is 0 Å². The average Bonchev–Trinajstić information content (AvgIpc) is 2.48. The first kappa shape index (κ1) is 10.3. The fourth-order valence-electron chi connectivity index (χ4n) is 1.01. The lowest BCUT2D eigenvalue weighted by molar-refractivity contribution is 0.367. The Bertz CT molecular complexity index is 263. The van der Waals surface area contributed by atoms with Crippen molar-refractivity contribution in [3.8, 4) is 0 Å². The van der Waals surface area contributed by atoms with Crippen LogP contribution >= 0.6 is 0 Å². The fourth-order valence-corrected chi connectivity index (χ4v) is 1.01. The standard InChI is InChI=1S/C10H19N3/c1-5-10(2,3)12-8-9-11-6-7-13(9)4/h6-7,12H,5,8H2,1-4H3. The smallest absolute Gasteiger partial charge is 0.122 e. The van der Waals surface area contributed by atoms with E-state index in [0.717, 1.165) is 18.8 Å². The molecular formula is C10H19N3. The number of hydrogen-bond donors (Lipinski definition) is 1. The first-order valence-electron chi connectivity index (χ1n) is 4.76. The zero-order chi connectivity index (χ0) is 9.90. The van der Waals surface area contributed by atoms with Crippen molar-refractivity contribution >= 4 is 0 Å². The minimum Gasteiger partial charge on any atom is -0.337 e. The van der Waals surface area contributed by atoms with E-state index in [1.54, 1.807) is 0 Å². The molecule has 1 N–H and O–H groups in total. The molecule has 0 fully saturated rings. The third-order valence-electron chi connectivity index (χ3n) is 2.53. The predicted molar refractivity (Wildman–Crippen MR) is 54.4 cm³/mol. The minimum absolute atomic E-state index is 0.200. The van der Waals surface area contributed by atoms with Gasteiger partial charge in [-0.2, -0.15) is 0 Å². The number of hydrogen-bond acceptors (Lipinski definition) is 2. The first-order chi connectivity index (χ1) is 6.05. The molecule has 0 bridgehead atoms. The van der Waals surface area contributed by atoms with Crippen molar-refractivity contribution in [3.05, 3.63) is 18.2 Å². The molecule has 0 atom stereocenters. The summed E-state index contributed by atoms with van der Waals surface area (Å²) in [5.41, 5.74) is 0.200. The lowest BCUT2D eigenvalue weighted by Crippen LogP contribution is -2.38. The molecule has 1 aromatic rings. The summed E-state index contributed by atoms with van der Waals surface area (Å²) in [6.07, 6.45) is 4.92. The van der Waals surface area contributed by atoms with Crippen molar-refractivity contribution < 1.29 is 0 Å². The number of imidazole rings is 1. The van der Waals surface area contributed by atoms with Crippen LogP contribution in [0.2, 0.25) is 0 Å². The van der Waals surface area contributed by atoms with E-state index in [-0.39, 0.29) is 5.54 Å². The Morgan fingerprint density at radius 3 is 2.69 bits per heavy atom. The molecule has 0 aromatic carbocycles. The Morgan fingerprint density at radius 2 is 2.23 bits per heavy atom. The maximum Gasteiger partial charge on any atom is 0.122 e. The number of nitrogens with zero attached hydrogens (tertiary/aromatic N) is 2. The minimum atomic E-state index is 0.200. The van der Waals surface area contributed by atoms with Gasteiger partial charge >= 0.3 is 0 Å². The number of aromatic nitrogens is 2. The van der Waals surface area contributed by atoms with Gasteiger partial charge in [0.15, 0.2) is 0 Å². The zero-order valence-corrected chi connectivity index (χ0v) is 8.96. The Balaban J connectivity index is 2.48. The van der Waals surface area contributed by atoms with Crippen molar-refractivity contribution in [2.45, 2.75) is 39.3 Å². The topological polar surface area (TPSA) is 29.9 Å². The van der Waals surface area contributed by atoms with Gasteiger partial charge < -0.3 is 9.88 Å². The van der Waals surface area contributed by atoms with Crippen LogP contribution in [0.5, 0.6) is 0 Å². The highest BCUT2D eigenvalue weighted by molar-refractivity contribution is 4.92. The van der Waals surface area contributed by atoms with Crippen molar-refractivity contribution in [2.24, 2.45) is 7.05 Å². The van der Waals surface area contributed by atoms with Crippen LogP contribution in [0, 0.1) is 0 Å². The van der Waals surface area contributed by atoms with Crippen LogP contribution < -0.4 is 5.32 Å². The molecule has 0 spiro atoms. The molecule has 1 heterocycles. The largest absolute Gasteiger partial charge is 0.337 e. The van der Waals surface area contributed by atoms with Gasteiger partial charge in [0.05, 0.1) is 6.54 Å². The van der Waals surface area contributed by atoms with Crippen molar-refractivity contribution in [3.63, 3.8) is 0 Å². The molecule has 0 saturated heterocycles. The first-order valence-corrected chi connectivity index (χ1v) is 4.76. The number of aryl methyl sites for hydroxylation is 1. The maximum absolute atomic E-state index is 4.25. The average molecular weight is 181 g/mol. The Labute approximate surface area is 80.2 Å². The quantitative estimate of drug-likeness (QED) is 0.766. The molecule has 0 saturated carbocycles. The third kappa shape index (κ3) is 2.84. The summed E-state index contributed by atoms with van der Waals surface area (Å²) in [5.74, 6) is 1.08. The van der Waals surface area contributed by atoms with Crippen LogP contribution in [0.3, 0.4) is 0 Å². The zero-order valence-electron chi connectivity index (χ0n) is 8.96. The highest BCUT2D eigenvalue weighted by Gasteiger charge is 2.14. The second-order valence-corrected chi connectivity index (χ2v) is 4.05. The summed E-state index contributed by atoms with van der Waals surface area (Å²) in [6.45, 7) is 7.43. The molecule has 3 nitrogen and oxygen atoms in total. The second kappa shape index (κ2) is 3.92. The van der Waals surface area contributed by atoms with Crippen LogP contribution in [0.15, 0.2) is 12.4 Å². The van der Waals surface area contributed by atoms with Gasteiger partial charge in [0.2, 0.25) is 0 Å². The molecule has 0 amide bonds. The van der Waals surface area contributed by atoms with Gasteiger partial charge in [0.25, 0.3) is 0 Å². The normalized spacial score (nSPS) is 12.0. The highest BCUT2D eigenvalue weighted by atomic mass is 15.1. The van der Waals surface area contributed by atoms with Gasteiger partial charge in [-0.15, -0.1) is 0 Å². The molecule has 0 aliphatic heterocycles. The van der Waals surface area contributed by atoms with Gasteiger partial charge in [0.1, 0.15) is 5.82 Å². The number of nitrogens with one attached hydrogen (secondary N) is 1. The highest BCUT2D eigenvalue weighted by Crippen LogP contribution is 2.07. The van der Waals surface area contributed by atoms with E-state index in [0.29, 0.717) is 0 Å². The Kier molecular flexibility index (Phi) is 3.09. The van der Waals surface area contributed by atoms with Crippen LogP contribution in [0.1, 0.15) is 33.0 Å². The lowest BCUT2D eigenvalue weighted by Gasteiger charge is -2.24. The fraction of sp³-hybridized carbons (Fsp3) is 0.700. The second-order valence-electron chi connectivity index (χ2n) is 4.05. The van der Waals surface area contributed by atoms with Crippen LogP contribution in [-0.2, 0) is 13.6 Å². The van der Waals surface area contributed by atoms with E-state index in [2.05, 4.69) is 31.1 Å². The van der Waals surface area contributed by atoms with Crippen molar-refractivity contribution in [2.75, 3.05) is 0 Å². The van der Waals surface area contributed by atoms with Gasteiger partial charge in [0, 0.05) is 25.0 Å². The van der Waals surface area contributed by atoms with Crippen molar-refractivity contribution in [1.82, 2.24) is 14.9 Å². The molecule has 74 valence electrons.